The molecule has 0 aromatic rings. The average Bonchev–Trinajstić information content (AvgIpc) is 1.85. The lowest BCUT2D eigenvalue weighted by atomic mass is 10.4. The van der Waals surface area contributed by atoms with Gasteiger partial charge in [0, 0.05) is 0 Å². The van der Waals surface area contributed by atoms with E-state index in [1.54, 1.807) is 0 Å². The minimum atomic E-state index is -0.386. The van der Waals surface area contributed by atoms with Crippen LogP contribution in [0.1, 0.15) is 0 Å². The van der Waals surface area contributed by atoms with Crippen molar-refractivity contribution in [1.82, 2.24) is 0 Å². The van der Waals surface area contributed by atoms with Gasteiger partial charge in [-0.1, -0.05) is 18.6 Å². The van der Waals surface area contributed by atoms with Crippen molar-refractivity contribution >= 4 is 0 Å². The summed E-state index contributed by atoms with van der Waals surface area (Å²) in [4.78, 5) is 0. The monoisotopic (exact) mass is 122 g/mol. The van der Waals surface area contributed by atoms with Gasteiger partial charge < -0.3 is 0 Å². The molecule has 0 amide bonds. The summed E-state index contributed by atoms with van der Waals surface area (Å²) in [5.74, 6) is 1.78. The molecule has 0 bridgehead atoms. The molecule has 9 heavy (non-hydrogen) atoms. The summed E-state index contributed by atoms with van der Waals surface area (Å²) in [6.07, 6.45) is 9.89. The molecule has 0 saturated carbocycles. The van der Waals surface area contributed by atoms with Crippen molar-refractivity contribution in [2.75, 3.05) is 0 Å². The van der Waals surface area contributed by atoms with Gasteiger partial charge in [0.25, 0.3) is 0 Å². The number of hydrogen-bond donors (Lipinski definition) is 0. The molecular weight excluding hydrogens is 115 g/mol. The smallest absolute Gasteiger partial charge is 0.123 e. The van der Waals surface area contributed by atoms with E-state index in [1.807, 2.05) is 0 Å². The standard InChI is InChI=1S/C8H7F/c1-3-5-7-8(9)6-4-2/h1,4-7H,2H2/b7-5-,8-6+. The second-order valence-electron chi connectivity index (χ2n) is 1.29. The van der Waals surface area contributed by atoms with Gasteiger partial charge in [-0.2, -0.15) is 0 Å². The van der Waals surface area contributed by atoms with E-state index >= 15 is 0 Å². The Kier molecular flexibility index (Phi) is 4.16. The molecule has 0 unspecified atom stereocenters. The number of hydrogen-bond acceptors (Lipinski definition) is 0. The summed E-state index contributed by atoms with van der Waals surface area (Å²) in [5.41, 5.74) is 0. The zero-order valence-corrected chi connectivity index (χ0v) is 4.97. The van der Waals surface area contributed by atoms with Gasteiger partial charge in [-0.15, -0.1) is 6.42 Å². The van der Waals surface area contributed by atoms with Crippen LogP contribution in [0.4, 0.5) is 4.39 Å². The molecular formula is C8H7F. The van der Waals surface area contributed by atoms with E-state index in [0.29, 0.717) is 0 Å². The minimum absolute atomic E-state index is 0.386. The van der Waals surface area contributed by atoms with Crippen LogP contribution in [0.5, 0.6) is 0 Å². The number of terminal acetylenes is 1. The van der Waals surface area contributed by atoms with Gasteiger partial charge in [0.15, 0.2) is 0 Å². The van der Waals surface area contributed by atoms with Crippen LogP contribution >= 0.6 is 0 Å². The molecule has 0 aromatic carbocycles. The molecule has 0 aromatic heterocycles. The Balaban J connectivity index is 3.93. The Bertz CT molecular complexity index is 179. The third-order valence-corrected chi connectivity index (χ3v) is 0.616. The molecule has 46 valence electrons. The minimum Gasteiger partial charge on any atom is -0.207 e. The quantitative estimate of drug-likeness (QED) is 0.389. The SMILES string of the molecule is C#C/C=C\C(F)=C/C=C. The van der Waals surface area contributed by atoms with Gasteiger partial charge in [0.05, 0.1) is 0 Å². The lowest BCUT2D eigenvalue weighted by Gasteiger charge is -1.77. The molecule has 1 heteroatoms. The normalized spacial score (nSPS) is 11.3. The molecule has 0 aliphatic rings. The van der Waals surface area contributed by atoms with Crippen LogP contribution in [0.15, 0.2) is 36.7 Å². The lowest BCUT2D eigenvalue weighted by Crippen LogP contribution is -1.60. The van der Waals surface area contributed by atoms with Crippen LogP contribution in [-0.2, 0) is 0 Å². The van der Waals surface area contributed by atoms with Crippen molar-refractivity contribution in [3.05, 3.63) is 36.7 Å². The zero-order chi connectivity index (χ0) is 7.11. The Hall–Kier alpha value is -1.29. The van der Waals surface area contributed by atoms with Gasteiger partial charge in [0.2, 0.25) is 0 Å². The van der Waals surface area contributed by atoms with Gasteiger partial charge in [0.1, 0.15) is 5.83 Å². The molecule has 0 fully saturated rings. The van der Waals surface area contributed by atoms with E-state index in [2.05, 4.69) is 12.5 Å². The molecule has 0 rings (SSSR count). The summed E-state index contributed by atoms with van der Waals surface area (Å²) < 4.78 is 12.2. The first-order valence-electron chi connectivity index (χ1n) is 2.42. The maximum Gasteiger partial charge on any atom is 0.123 e. The number of allylic oxidation sites excluding steroid dienone is 5. The Morgan fingerprint density at radius 1 is 1.67 bits per heavy atom. The van der Waals surface area contributed by atoms with Crippen molar-refractivity contribution < 1.29 is 4.39 Å². The molecule has 0 saturated heterocycles. The largest absolute Gasteiger partial charge is 0.207 e. The van der Waals surface area contributed by atoms with Crippen molar-refractivity contribution in [3.63, 3.8) is 0 Å². The highest BCUT2D eigenvalue weighted by Gasteiger charge is 1.78. The molecule has 0 aliphatic heterocycles. The molecule has 0 radical (unpaired) electrons. The zero-order valence-electron chi connectivity index (χ0n) is 4.97. The number of halogens is 1. The third kappa shape index (κ3) is 4.57. The fourth-order valence-electron chi connectivity index (χ4n) is 0.296. The van der Waals surface area contributed by atoms with Crippen molar-refractivity contribution in [3.8, 4) is 12.3 Å². The second kappa shape index (κ2) is 4.86. The predicted octanol–water partition coefficient (Wildman–Crippen LogP) is 2.22. The summed E-state index contributed by atoms with van der Waals surface area (Å²) >= 11 is 0. The second-order valence-corrected chi connectivity index (χ2v) is 1.29. The van der Waals surface area contributed by atoms with Crippen LogP contribution in [0.25, 0.3) is 0 Å². The van der Waals surface area contributed by atoms with E-state index in [9.17, 15) is 4.39 Å². The van der Waals surface area contributed by atoms with Gasteiger partial charge >= 0.3 is 0 Å². The summed E-state index contributed by atoms with van der Waals surface area (Å²) in [6, 6.07) is 0. The first-order valence-corrected chi connectivity index (χ1v) is 2.42. The van der Waals surface area contributed by atoms with Crippen LogP contribution in [0, 0.1) is 12.3 Å². The molecule has 0 spiro atoms. The fourth-order valence-corrected chi connectivity index (χ4v) is 0.296. The predicted molar refractivity (Wildman–Crippen MR) is 37.4 cm³/mol. The van der Waals surface area contributed by atoms with Gasteiger partial charge in [-0.25, -0.2) is 4.39 Å². The highest BCUT2D eigenvalue weighted by molar-refractivity contribution is 5.22. The molecule has 0 nitrogen and oxygen atoms in total. The molecule has 0 heterocycles. The molecule has 0 aliphatic carbocycles. The van der Waals surface area contributed by atoms with E-state index in [0.717, 1.165) is 0 Å². The maximum absolute atomic E-state index is 12.2. The molecule has 0 atom stereocenters. The van der Waals surface area contributed by atoms with Crippen molar-refractivity contribution in [2.24, 2.45) is 0 Å². The number of rotatable bonds is 2. The highest BCUT2D eigenvalue weighted by atomic mass is 19.1. The van der Waals surface area contributed by atoms with Crippen LogP contribution in [0.3, 0.4) is 0 Å². The summed E-state index contributed by atoms with van der Waals surface area (Å²) in [6.45, 7) is 3.31. The highest BCUT2D eigenvalue weighted by Crippen LogP contribution is 1.96. The van der Waals surface area contributed by atoms with Crippen molar-refractivity contribution in [2.45, 2.75) is 0 Å². The van der Waals surface area contributed by atoms with Crippen molar-refractivity contribution in [1.29, 1.82) is 0 Å². The maximum atomic E-state index is 12.2. The topological polar surface area (TPSA) is 0 Å². The van der Waals surface area contributed by atoms with E-state index in [-0.39, 0.29) is 5.83 Å². The van der Waals surface area contributed by atoms with E-state index in [1.165, 1.54) is 24.3 Å². The lowest BCUT2D eigenvalue weighted by molar-refractivity contribution is 0.667. The van der Waals surface area contributed by atoms with Crippen LogP contribution in [-0.4, -0.2) is 0 Å². The Morgan fingerprint density at radius 3 is 2.78 bits per heavy atom. The van der Waals surface area contributed by atoms with Gasteiger partial charge in [-0.05, 0) is 18.2 Å². The summed E-state index contributed by atoms with van der Waals surface area (Å²) in [5, 5.41) is 0. The average molecular weight is 122 g/mol. The first-order chi connectivity index (χ1) is 4.31. The van der Waals surface area contributed by atoms with E-state index < -0.39 is 0 Å². The van der Waals surface area contributed by atoms with Crippen LogP contribution < -0.4 is 0 Å². The van der Waals surface area contributed by atoms with Crippen LogP contribution in [0.2, 0.25) is 0 Å². The fraction of sp³-hybridized carbons (Fsp3) is 0. The summed E-state index contributed by atoms with van der Waals surface area (Å²) in [7, 11) is 0. The molecule has 0 N–H and O–H groups in total. The van der Waals surface area contributed by atoms with Gasteiger partial charge in [-0.3, -0.25) is 0 Å². The van der Waals surface area contributed by atoms with E-state index in [4.69, 9.17) is 6.42 Å². The first kappa shape index (κ1) is 7.71. The Labute approximate surface area is 54.4 Å². The third-order valence-electron chi connectivity index (χ3n) is 0.616. The Morgan fingerprint density at radius 2 is 2.33 bits per heavy atom.